The molecule has 15 nitrogen and oxygen atoms in total. The van der Waals surface area contributed by atoms with Gasteiger partial charge in [0.2, 0.25) is 35.4 Å². The Morgan fingerprint density at radius 3 is 1.91 bits per heavy atom. The molecule has 0 aromatic heterocycles. The molecule has 1 saturated heterocycles. The summed E-state index contributed by atoms with van der Waals surface area (Å²) in [7, 11) is 4.48. The molecule has 3 heterocycles. The van der Waals surface area contributed by atoms with Gasteiger partial charge in [0.25, 0.3) is 0 Å². The molecule has 54 heavy (non-hydrogen) atoms. The van der Waals surface area contributed by atoms with E-state index in [4.69, 9.17) is 14.2 Å². The highest BCUT2D eigenvalue weighted by molar-refractivity contribution is 5.98. The first-order valence-corrected chi connectivity index (χ1v) is 17.6. The number of nitrogens with one attached hydrogen (secondary N) is 5. The maximum atomic E-state index is 14.2. The zero-order valence-electron chi connectivity index (χ0n) is 31.1. The standard InChI is InChI=1S/C39H46N6O9/c1-21-34(46)40-22(2)35(47)43-29(17-24-7-12-27(52-5)13-8-24)37(49)42-23(3)39(51)45(4)31-19-25-9-14-28(15-10-25)54-33-20-26(11-16-32(33)53-6)18-30(36(48)41-21)44-38(31)50/h7-16,20-23,29-31H,17-19H2,1-6H3,(H,40,46)(H,41,48)(H,42,49)(H,43,47)(H,44,50)/t21-,22+,23+,29+,30+,31+/m1/s1. The van der Waals surface area contributed by atoms with Crippen LogP contribution in [0.25, 0.3) is 0 Å². The molecule has 15 heteroatoms. The highest BCUT2D eigenvalue weighted by Crippen LogP contribution is 2.33. The number of benzene rings is 3. The van der Waals surface area contributed by atoms with Crippen molar-refractivity contribution in [1.29, 1.82) is 0 Å². The first-order chi connectivity index (χ1) is 25.8. The minimum Gasteiger partial charge on any atom is -0.497 e. The lowest BCUT2D eigenvalue weighted by Gasteiger charge is -2.32. The number of amides is 6. The number of hydrogen-bond acceptors (Lipinski definition) is 9. The van der Waals surface area contributed by atoms with E-state index in [-0.39, 0.29) is 19.3 Å². The molecule has 6 bridgehead atoms. The van der Waals surface area contributed by atoms with Crippen LogP contribution >= 0.6 is 0 Å². The van der Waals surface area contributed by atoms with Gasteiger partial charge in [-0.25, -0.2) is 0 Å². The van der Waals surface area contributed by atoms with Crippen LogP contribution in [0.3, 0.4) is 0 Å². The first kappa shape index (κ1) is 39.1. The van der Waals surface area contributed by atoms with Crippen LogP contribution in [0, 0.1) is 0 Å². The van der Waals surface area contributed by atoms with E-state index in [9.17, 15) is 28.8 Å². The first-order valence-electron chi connectivity index (χ1n) is 17.6. The molecule has 5 N–H and O–H groups in total. The SMILES string of the molecule is COc1ccc(C[C@@H]2NC(=O)[C@H](C)NC(=O)[C@@H](C)NC(=O)[C@@H]3Cc4ccc(OC)c(c4)Oc4ccc(cc4)C[C@@H](C(=O)N3)N(C)C(=O)[C@H](C)NC2=O)cc1. The van der Waals surface area contributed by atoms with Gasteiger partial charge in [0.15, 0.2) is 11.5 Å². The summed E-state index contributed by atoms with van der Waals surface area (Å²) >= 11 is 0. The Balaban J connectivity index is 1.52. The summed E-state index contributed by atoms with van der Waals surface area (Å²) in [4.78, 5) is 83.8. The predicted octanol–water partition coefficient (Wildman–Crippen LogP) is 1.16. The van der Waals surface area contributed by atoms with Crippen molar-refractivity contribution < 1.29 is 43.0 Å². The van der Waals surface area contributed by atoms with Gasteiger partial charge in [0, 0.05) is 26.3 Å². The molecule has 3 aliphatic heterocycles. The summed E-state index contributed by atoms with van der Waals surface area (Å²) in [6, 6.07) is 12.1. The van der Waals surface area contributed by atoms with E-state index in [1.54, 1.807) is 66.7 Å². The van der Waals surface area contributed by atoms with Crippen molar-refractivity contribution in [2.45, 2.75) is 76.3 Å². The van der Waals surface area contributed by atoms with E-state index in [1.807, 2.05) is 0 Å². The monoisotopic (exact) mass is 742 g/mol. The van der Waals surface area contributed by atoms with Crippen LogP contribution in [0.2, 0.25) is 0 Å². The van der Waals surface area contributed by atoms with Gasteiger partial charge in [-0.3, -0.25) is 28.8 Å². The number of likely N-dealkylation sites (N-methyl/N-ethyl adjacent to an activating group) is 1. The van der Waals surface area contributed by atoms with Gasteiger partial charge in [-0.05, 0) is 73.9 Å². The van der Waals surface area contributed by atoms with Crippen LogP contribution in [0.1, 0.15) is 37.5 Å². The van der Waals surface area contributed by atoms with E-state index < -0.39 is 71.7 Å². The van der Waals surface area contributed by atoms with Gasteiger partial charge in [0.1, 0.15) is 47.8 Å². The van der Waals surface area contributed by atoms with Crippen LogP contribution in [-0.4, -0.2) is 97.9 Å². The number of nitrogens with zero attached hydrogens (tertiary/aromatic N) is 1. The zero-order chi connectivity index (χ0) is 39.1. The minimum atomic E-state index is -1.21. The average Bonchev–Trinajstić information content (AvgIpc) is 3.15. The molecule has 6 rings (SSSR count). The number of carbonyl (C=O) groups excluding carboxylic acids is 6. The Kier molecular flexibility index (Phi) is 12.4. The summed E-state index contributed by atoms with van der Waals surface area (Å²) in [5, 5.41) is 13.4. The zero-order valence-corrected chi connectivity index (χ0v) is 31.1. The summed E-state index contributed by atoms with van der Waals surface area (Å²) in [6.45, 7) is 4.37. The number of fused-ring (bicyclic) bond motifs is 2. The molecule has 0 saturated carbocycles. The Labute approximate surface area is 313 Å². The number of methoxy groups -OCH3 is 2. The van der Waals surface area contributed by atoms with Gasteiger partial charge in [0.05, 0.1) is 14.2 Å². The Morgan fingerprint density at radius 1 is 0.648 bits per heavy atom. The molecular weight excluding hydrogens is 696 g/mol. The summed E-state index contributed by atoms with van der Waals surface area (Å²) < 4.78 is 16.9. The molecule has 3 aliphatic rings. The maximum Gasteiger partial charge on any atom is 0.245 e. The highest BCUT2D eigenvalue weighted by Gasteiger charge is 2.35. The molecule has 3 aromatic carbocycles. The third kappa shape index (κ3) is 9.45. The fourth-order valence-corrected chi connectivity index (χ4v) is 6.21. The van der Waals surface area contributed by atoms with Gasteiger partial charge < -0.3 is 45.7 Å². The van der Waals surface area contributed by atoms with Crippen molar-refractivity contribution in [2.75, 3.05) is 21.3 Å². The van der Waals surface area contributed by atoms with Gasteiger partial charge >= 0.3 is 0 Å². The van der Waals surface area contributed by atoms with Crippen molar-refractivity contribution in [1.82, 2.24) is 31.5 Å². The second-order valence-corrected chi connectivity index (χ2v) is 13.5. The maximum absolute atomic E-state index is 14.2. The van der Waals surface area contributed by atoms with Crippen molar-refractivity contribution in [3.63, 3.8) is 0 Å². The lowest BCUT2D eigenvalue weighted by Crippen LogP contribution is -2.61. The fourth-order valence-electron chi connectivity index (χ4n) is 6.21. The van der Waals surface area contributed by atoms with E-state index in [2.05, 4.69) is 26.6 Å². The van der Waals surface area contributed by atoms with Gasteiger partial charge in [-0.1, -0.05) is 30.3 Å². The highest BCUT2D eigenvalue weighted by atomic mass is 16.5. The molecule has 3 aromatic rings. The number of carbonyl (C=O) groups is 6. The topological polar surface area (TPSA) is 194 Å². The van der Waals surface area contributed by atoms with E-state index in [0.29, 0.717) is 39.7 Å². The second kappa shape index (κ2) is 17.1. The van der Waals surface area contributed by atoms with Crippen LogP contribution in [0.15, 0.2) is 66.7 Å². The van der Waals surface area contributed by atoms with Crippen molar-refractivity contribution in [2.24, 2.45) is 0 Å². The van der Waals surface area contributed by atoms with E-state index >= 15 is 0 Å². The van der Waals surface area contributed by atoms with Gasteiger partial charge in [-0.2, -0.15) is 0 Å². The molecule has 0 spiro atoms. The molecule has 6 amide bonds. The smallest absolute Gasteiger partial charge is 0.245 e. The van der Waals surface area contributed by atoms with Crippen LogP contribution in [0.5, 0.6) is 23.0 Å². The molecule has 0 unspecified atom stereocenters. The quantitative estimate of drug-likeness (QED) is 0.261. The summed E-state index contributed by atoms with van der Waals surface area (Å²) in [5.41, 5.74) is 1.98. The van der Waals surface area contributed by atoms with Crippen molar-refractivity contribution in [3.05, 3.63) is 83.4 Å². The summed E-state index contributed by atoms with van der Waals surface area (Å²) in [6.07, 6.45) is 0.0766. The van der Waals surface area contributed by atoms with E-state index in [1.165, 1.54) is 46.9 Å². The third-order valence-corrected chi connectivity index (χ3v) is 9.46. The second-order valence-electron chi connectivity index (χ2n) is 13.5. The number of rotatable bonds is 4. The van der Waals surface area contributed by atoms with Crippen LogP contribution < -0.4 is 40.8 Å². The third-order valence-electron chi connectivity index (χ3n) is 9.46. The molecule has 0 aliphatic carbocycles. The molecular formula is C39H46N6O9. The predicted molar refractivity (Wildman–Crippen MR) is 197 cm³/mol. The van der Waals surface area contributed by atoms with Gasteiger partial charge in [-0.15, -0.1) is 0 Å². The van der Waals surface area contributed by atoms with Crippen molar-refractivity contribution >= 4 is 35.4 Å². The van der Waals surface area contributed by atoms with Crippen LogP contribution in [0.4, 0.5) is 0 Å². The lowest BCUT2D eigenvalue weighted by atomic mass is 10.00. The fraction of sp³-hybridized carbons (Fsp3) is 0.385. The Morgan fingerprint density at radius 2 is 1.26 bits per heavy atom. The number of ether oxygens (including phenoxy) is 3. The Bertz CT molecular complexity index is 1880. The molecule has 286 valence electrons. The van der Waals surface area contributed by atoms with E-state index in [0.717, 1.165) is 0 Å². The average molecular weight is 743 g/mol. The van der Waals surface area contributed by atoms with Crippen LogP contribution in [-0.2, 0) is 48.0 Å². The normalized spacial score (nSPS) is 24.4. The lowest BCUT2D eigenvalue weighted by molar-refractivity contribution is -0.142. The largest absolute Gasteiger partial charge is 0.497 e. The molecule has 1 fully saturated rings. The van der Waals surface area contributed by atoms with Crippen molar-refractivity contribution in [3.8, 4) is 23.0 Å². The minimum absolute atomic E-state index is 0.0188. The molecule has 0 radical (unpaired) electrons. The summed E-state index contributed by atoms with van der Waals surface area (Å²) in [5.74, 6) is -1.95. The Hall–Kier alpha value is -6.12. The number of hydrogen-bond donors (Lipinski definition) is 5. The molecule has 6 atom stereocenters.